The maximum atomic E-state index is 11.3. The number of rotatable bonds is 6. The van der Waals surface area contributed by atoms with Crippen LogP contribution in [0, 0.1) is 0 Å². The van der Waals surface area contributed by atoms with Gasteiger partial charge < -0.3 is 20.8 Å². The molecule has 1 aromatic carbocycles. The van der Waals surface area contributed by atoms with Crippen molar-refractivity contribution in [3.63, 3.8) is 0 Å². The van der Waals surface area contributed by atoms with Gasteiger partial charge in [-0.15, -0.1) is 0 Å². The van der Waals surface area contributed by atoms with Crippen molar-refractivity contribution >= 4 is 18.0 Å². The van der Waals surface area contributed by atoms with E-state index in [1.165, 1.54) is 0 Å². The first-order valence-corrected chi connectivity index (χ1v) is 5.52. The second-order valence-corrected chi connectivity index (χ2v) is 3.80. The van der Waals surface area contributed by atoms with Crippen LogP contribution in [0.2, 0.25) is 0 Å². The molecule has 19 heavy (non-hydrogen) atoms. The summed E-state index contributed by atoms with van der Waals surface area (Å²) in [7, 11) is 0. The molecular weight excluding hydrogens is 252 g/mol. The molecule has 4 N–H and O–H groups in total. The summed E-state index contributed by atoms with van der Waals surface area (Å²) < 4.78 is 0. The third-order valence-corrected chi connectivity index (χ3v) is 2.29. The van der Waals surface area contributed by atoms with Gasteiger partial charge in [0.15, 0.2) is 0 Å². The summed E-state index contributed by atoms with van der Waals surface area (Å²) in [5, 5.41) is 21.6. The molecule has 1 atom stereocenters. The Morgan fingerprint density at radius 1 is 1.11 bits per heavy atom. The Hall–Kier alpha value is -2.57. The Labute approximate surface area is 109 Å². The van der Waals surface area contributed by atoms with E-state index in [0.717, 1.165) is 5.56 Å². The Morgan fingerprint density at radius 2 is 1.74 bits per heavy atom. The average Bonchev–Trinajstić information content (AvgIpc) is 2.36. The number of benzene rings is 1. The number of carbonyl (C=O) groups excluding carboxylic acids is 1. The largest absolute Gasteiger partial charge is 0.480 e. The standard InChI is InChI=1S/C12H14N2O5/c15-10(16)7-13-12(19)14-9(11(17)18)6-8-4-2-1-3-5-8/h1-5,9H,6-7H2,(H,15,16)(H,17,18)(H2,13,14,19). The van der Waals surface area contributed by atoms with Crippen LogP contribution in [-0.4, -0.2) is 40.8 Å². The molecule has 1 unspecified atom stereocenters. The summed E-state index contributed by atoms with van der Waals surface area (Å²) in [6, 6.07) is 6.87. The fourth-order valence-electron chi connectivity index (χ4n) is 1.42. The highest BCUT2D eigenvalue weighted by molar-refractivity contribution is 5.84. The monoisotopic (exact) mass is 266 g/mol. The van der Waals surface area contributed by atoms with E-state index < -0.39 is 30.6 Å². The predicted molar refractivity (Wildman–Crippen MR) is 65.7 cm³/mol. The summed E-state index contributed by atoms with van der Waals surface area (Å²) >= 11 is 0. The molecule has 0 heterocycles. The first kappa shape index (κ1) is 14.5. The maximum Gasteiger partial charge on any atom is 0.326 e. The normalized spacial score (nSPS) is 11.4. The quantitative estimate of drug-likeness (QED) is 0.581. The molecule has 102 valence electrons. The van der Waals surface area contributed by atoms with Crippen LogP contribution in [0.15, 0.2) is 30.3 Å². The minimum absolute atomic E-state index is 0.122. The smallest absolute Gasteiger partial charge is 0.326 e. The number of nitrogens with one attached hydrogen (secondary N) is 2. The molecule has 0 aliphatic heterocycles. The van der Waals surface area contributed by atoms with E-state index in [-0.39, 0.29) is 6.42 Å². The highest BCUT2D eigenvalue weighted by Crippen LogP contribution is 2.03. The summed E-state index contributed by atoms with van der Waals surface area (Å²) in [6.07, 6.45) is 0.122. The molecular formula is C12H14N2O5. The number of hydrogen-bond acceptors (Lipinski definition) is 3. The van der Waals surface area contributed by atoms with Gasteiger partial charge in [0.05, 0.1) is 0 Å². The number of urea groups is 1. The highest BCUT2D eigenvalue weighted by Gasteiger charge is 2.20. The highest BCUT2D eigenvalue weighted by atomic mass is 16.4. The molecule has 7 heteroatoms. The molecule has 0 fully saturated rings. The number of carbonyl (C=O) groups is 3. The Balaban J connectivity index is 2.56. The van der Waals surface area contributed by atoms with Gasteiger partial charge >= 0.3 is 18.0 Å². The van der Waals surface area contributed by atoms with E-state index in [1.807, 2.05) is 5.32 Å². The van der Waals surface area contributed by atoms with Gasteiger partial charge in [-0.25, -0.2) is 9.59 Å². The van der Waals surface area contributed by atoms with E-state index in [4.69, 9.17) is 10.2 Å². The molecule has 0 saturated carbocycles. The van der Waals surface area contributed by atoms with Gasteiger partial charge in [0.25, 0.3) is 0 Å². The Morgan fingerprint density at radius 3 is 2.26 bits per heavy atom. The van der Waals surface area contributed by atoms with Crippen molar-refractivity contribution < 1.29 is 24.6 Å². The van der Waals surface area contributed by atoms with Gasteiger partial charge in [-0.3, -0.25) is 4.79 Å². The van der Waals surface area contributed by atoms with Crippen LogP contribution >= 0.6 is 0 Å². The zero-order valence-corrected chi connectivity index (χ0v) is 10.00. The molecule has 0 radical (unpaired) electrons. The Kier molecular flexibility index (Phi) is 5.34. The molecule has 1 aromatic rings. The number of carboxylic acids is 2. The van der Waals surface area contributed by atoms with Crippen molar-refractivity contribution in [2.75, 3.05) is 6.54 Å². The van der Waals surface area contributed by atoms with Gasteiger partial charge in [-0.05, 0) is 5.56 Å². The third-order valence-electron chi connectivity index (χ3n) is 2.29. The van der Waals surface area contributed by atoms with Gasteiger partial charge in [-0.2, -0.15) is 0 Å². The molecule has 0 spiro atoms. The number of aliphatic carboxylic acids is 2. The SMILES string of the molecule is O=C(O)CNC(=O)NC(Cc1ccccc1)C(=O)O. The van der Waals surface area contributed by atoms with Crippen LogP contribution in [0.4, 0.5) is 4.79 Å². The van der Waals surface area contributed by atoms with E-state index in [2.05, 4.69) is 5.32 Å². The van der Waals surface area contributed by atoms with Crippen molar-refractivity contribution in [2.24, 2.45) is 0 Å². The number of hydrogen-bond donors (Lipinski definition) is 4. The predicted octanol–water partition coefficient (Wildman–Crippen LogP) is 0.0661. The van der Waals surface area contributed by atoms with E-state index in [0.29, 0.717) is 0 Å². The molecule has 0 aromatic heterocycles. The van der Waals surface area contributed by atoms with Gasteiger partial charge in [-0.1, -0.05) is 30.3 Å². The van der Waals surface area contributed by atoms with Crippen molar-refractivity contribution in [3.05, 3.63) is 35.9 Å². The average molecular weight is 266 g/mol. The van der Waals surface area contributed by atoms with Crippen LogP contribution in [0.5, 0.6) is 0 Å². The van der Waals surface area contributed by atoms with Crippen LogP contribution in [0.3, 0.4) is 0 Å². The minimum atomic E-state index is -1.20. The number of carboxylic acid groups (broad SMARTS) is 2. The second-order valence-electron chi connectivity index (χ2n) is 3.80. The summed E-state index contributed by atoms with van der Waals surface area (Å²) in [5.74, 6) is -2.39. The van der Waals surface area contributed by atoms with Crippen LogP contribution in [0.1, 0.15) is 5.56 Å². The molecule has 2 amide bonds. The fourth-order valence-corrected chi connectivity index (χ4v) is 1.42. The lowest BCUT2D eigenvalue weighted by Gasteiger charge is -2.14. The maximum absolute atomic E-state index is 11.3. The number of amides is 2. The molecule has 1 rings (SSSR count). The topological polar surface area (TPSA) is 116 Å². The molecule has 0 bridgehead atoms. The molecule has 0 saturated heterocycles. The zero-order chi connectivity index (χ0) is 14.3. The molecule has 0 aliphatic rings. The van der Waals surface area contributed by atoms with Crippen LogP contribution in [0.25, 0.3) is 0 Å². The van der Waals surface area contributed by atoms with Crippen molar-refractivity contribution in [3.8, 4) is 0 Å². The van der Waals surface area contributed by atoms with Crippen molar-refractivity contribution in [1.82, 2.24) is 10.6 Å². The summed E-state index contributed by atoms with van der Waals surface area (Å²) in [6.45, 7) is -0.566. The first-order chi connectivity index (χ1) is 8.99. The van der Waals surface area contributed by atoms with E-state index >= 15 is 0 Å². The van der Waals surface area contributed by atoms with Crippen molar-refractivity contribution in [1.29, 1.82) is 0 Å². The van der Waals surface area contributed by atoms with E-state index in [1.54, 1.807) is 30.3 Å². The molecule has 7 nitrogen and oxygen atoms in total. The van der Waals surface area contributed by atoms with Crippen LogP contribution in [-0.2, 0) is 16.0 Å². The summed E-state index contributed by atoms with van der Waals surface area (Å²) in [5.41, 5.74) is 0.758. The molecule has 0 aliphatic carbocycles. The third kappa shape index (κ3) is 5.53. The zero-order valence-electron chi connectivity index (χ0n) is 10.00. The summed E-state index contributed by atoms with van der Waals surface area (Å²) in [4.78, 5) is 32.6. The fraction of sp³-hybridized carbons (Fsp3) is 0.250. The lowest BCUT2D eigenvalue weighted by molar-refractivity contribution is -0.139. The van der Waals surface area contributed by atoms with Gasteiger partial charge in [0.2, 0.25) is 0 Å². The lowest BCUT2D eigenvalue weighted by Crippen LogP contribution is -2.48. The lowest BCUT2D eigenvalue weighted by atomic mass is 10.1. The van der Waals surface area contributed by atoms with Crippen molar-refractivity contribution in [2.45, 2.75) is 12.5 Å². The van der Waals surface area contributed by atoms with Gasteiger partial charge in [0.1, 0.15) is 12.6 Å². The minimum Gasteiger partial charge on any atom is -0.480 e. The van der Waals surface area contributed by atoms with Crippen LogP contribution < -0.4 is 10.6 Å². The van der Waals surface area contributed by atoms with Gasteiger partial charge in [0, 0.05) is 6.42 Å². The first-order valence-electron chi connectivity index (χ1n) is 5.52. The Bertz CT molecular complexity index is 460. The second kappa shape index (κ2) is 7.00. The van der Waals surface area contributed by atoms with E-state index in [9.17, 15) is 14.4 Å².